The van der Waals surface area contributed by atoms with Crippen molar-refractivity contribution in [1.29, 1.82) is 0 Å². The van der Waals surface area contributed by atoms with E-state index in [1.54, 1.807) is 0 Å². The van der Waals surface area contributed by atoms with E-state index in [0.717, 1.165) is 11.1 Å². The monoisotopic (exact) mass is 421 g/mol. The van der Waals surface area contributed by atoms with Crippen molar-refractivity contribution < 1.29 is 15.0 Å². The van der Waals surface area contributed by atoms with Gasteiger partial charge in [0.25, 0.3) is 0 Å². The van der Waals surface area contributed by atoms with Crippen molar-refractivity contribution in [2.45, 2.75) is 43.7 Å². The van der Waals surface area contributed by atoms with Gasteiger partial charge in [0.1, 0.15) is 0 Å². The zero-order valence-corrected chi connectivity index (χ0v) is 17.1. The average Bonchev–Trinajstić information content (AvgIpc) is 2.70. The smallest absolute Gasteiger partial charge is 0.223 e. The number of carbonyl (C=O) groups is 1. The van der Waals surface area contributed by atoms with Gasteiger partial charge in [-0.25, -0.2) is 0 Å². The van der Waals surface area contributed by atoms with Crippen LogP contribution >= 0.6 is 23.2 Å². The summed E-state index contributed by atoms with van der Waals surface area (Å²) in [6.07, 6.45) is 2.20. The molecule has 1 fully saturated rings. The van der Waals surface area contributed by atoms with Gasteiger partial charge < -0.3 is 15.1 Å². The Bertz CT molecular complexity index is 797. The van der Waals surface area contributed by atoms with Crippen molar-refractivity contribution in [3.8, 4) is 0 Å². The first-order chi connectivity index (χ1) is 13.5. The molecule has 2 N–H and O–H groups in total. The predicted molar refractivity (Wildman–Crippen MR) is 112 cm³/mol. The molecular weight excluding hydrogens is 397 g/mol. The maximum absolute atomic E-state index is 13.0. The highest BCUT2D eigenvalue weighted by Crippen LogP contribution is 2.45. The van der Waals surface area contributed by atoms with E-state index in [2.05, 4.69) is 0 Å². The second-order valence-corrected chi connectivity index (χ2v) is 8.07. The number of hydrogen-bond acceptors (Lipinski definition) is 3. The Morgan fingerprint density at radius 3 is 2.43 bits per heavy atom. The molecule has 3 unspecified atom stereocenters. The Morgan fingerprint density at radius 2 is 1.79 bits per heavy atom. The third-order valence-corrected chi connectivity index (χ3v) is 5.91. The van der Waals surface area contributed by atoms with E-state index >= 15 is 0 Å². The van der Waals surface area contributed by atoms with Gasteiger partial charge in [0.2, 0.25) is 5.91 Å². The van der Waals surface area contributed by atoms with Crippen LogP contribution in [0, 0.1) is 0 Å². The molecule has 0 spiro atoms. The number of rotatable bonds is 7. The lowest BCUT2D eigenvalue weighted by atomic mass is 9.79. The molecule has 3 atom stereocenters. The molecule has 0 aromatic heterocycles. The largest absolute Gasteiger partial charge is 0.396 e. The SMILES string of the molecule is O=C1CCC(c2cccc(Cl)c2)C(c2ccc(Cl)cc2)N1C(CO)CCCO. The van der Waals surface area contributed by atoms with Crippen LogP contribution in [0.1, 0.15) is 48.8 Å². The molecule has 6 heteroatoms. The summed E-state index contributed by atoms with van der Waals surface area (Å²) in [5, 5.41) is 20.5. The highest BCUT2D eigenvalue weighted by Gasteiger charge is 2.40. The number of piperidine rings is 1. The Kier molecular flexibility index (Phi) is 7.36. The number of carbonyl (C=O) groups excluding carboxylic acids is 1. The van der Waals surface area contributed by atoms with E-state index in [9.17, 15) is 15.0 Å². The fraction of sp³-hybridized carbons (Fsp3) is 0.409. The normalized spacial score (nSPS) is 21.0. The molecule has 2 aromatic carbocycles. The van der Waals surface area contributed by atoms with Crippen molar-refractivity contribution in [2.24, 2.45) is 0 Å². The standard InChI is InChI=1S/C22H25Cl2NO3/c23-17-8-6-15(7-9-17)22-20(16-3-1-4-18(24)13-16)10-11-21(28)25(22)19(14-27)5-2-12-26/h1,3-4,6-9,13,19-20,22,26-27H,2,5,10-12,14H2. The number of likely N-dealkylation sites (tertiary alicyclic amines) is 1. The summed E-state index contributed by atoms with van der Waals surface area (Å²) in [6, 6.07) is 14.7. The topological polar surface area (TPSA) is 60.8 Å². The molecule has 4 nitrogen and oxygen atoms in total. The van der Waals surface area contributed by atoms with Gasteiger partial charge >= 0.3 is 0 Å². The van der Waals surface area contributed by atoms with Crippen LogP contribution in [0.4, 0.5) is 0 Å². The molecule has 0 bridgehead atoms. The minimum Gasteiger partial charge on any atom is -0.396 e. The summed E-state index contributed by atoms with van der Waals surface area (Å²) < 4.78 is 0. The van der Waals surface area contributed by atoms with Gasteiger partial charge in [-0.1, -0.05) is 47.5 Å². The maximum atomic E-state index is 13.0. The van der Waals surface area contributed by atoms with Gasteiger partial charge in [-0.3, -0.25) is 4.79 Å². The first kappa shape index (κ1) is 21.1. The van der Waals surface area contributed by atoms with Gasteiger partial charge in [-0.05, 0) is 54.7 Å². The minimum absolute atomic E-state index is 0.0233. The van der Waals surface area contributed by atoms with Crippen LogP contribution in [0.5, 0.6) is 0 Å². The van der Waals surface area contributed by atoms with E-state index in [0.29, 0.717) is 35.7 Å². The molecule has 28 heavy (non-hydrogen) atoms. The summed E-state index contributed by atoms with van der Waals surface area (Å²) in [7, 11) is 0. The molecule has 1 aliphatic rings. The molecule has 0 radical (unpaired) electrons. The first-order valence-corrected chi connectivity index (χ1v) is 10.3. The van der Waals surface area contributed by atoms with Gasteiger partial charge in [0, 0.05) is 29.0 Å². The average molecular weight is 422 g/mol. The lowest BCUT2D eigenvalue weighted by molar-refractivity contribution is -0.142. The number of halogens is 2. The number of amides is 1. The lowest BCUT2D eigenvalue weighted by Crippen LogP contribution is -2.49. The van der Waals surface area contributed by atoms with Crippen LogP contribution in [-0.4, -0.2) is 40.3 Å². The van der Waals surface area contributed by atoms with Crippen LogP contribution in [0.2, 0.25) is 10.0 Å². The highest BCUT2D eigenvalue weighted by atomic mass is 35.5. The zero-order chi connectivity index (χ0) is 20.1. The molecule has 150 valence electrons. The lowest BCUT2D eigenvalue weighted by Gasteiger charge is -2.45. The maximum Gasteiger partial charge on any atom is 0.223 e. The second-order valence-electron chi connectivity index (χ2n) is 7.20. The van der Waals surface area contributed by atoms with Crippen molar-refractivity contribution in [3.63, 3.8) is 0 Å². The molecule has 1 amide bonds. The molecule has 2 aromatic rings. The van der Waals surface area contributed by atoms with Crippen molar-refractivity contribution in [2.75, 3.05) is 13.2 Å². The summed E-state index contributed by atoms with van der Waals surface area (Å²) in [5.41, 5.74) is 2.05. The third kappa shape index (κ3) is 4.69. The number of nitrogens with zero attached hydrogens (tertiary/aromatic N) is 1. The van der Waals surface area contributed by atoms with E-state index in [1.165, 1.54) is 0 Å². The van der Waals surface area contributed by atoms with Crippen molar-refractivity contribution >= 4 is 29.1 Å². The molecule has 0 saturated carbocycles. The number of hydrogen-bond donors (Lipinski definition) is 2. The molecular formula is C22H25Cl2NO3. The van der Waals surface area contributed by atoms with E-state index in [-0.39, 0.29) is 37.1 Å². The van der Waals surface area contributed by atoms with Crippen LogP contribution in [0.15, 0.2) is 48.5 Å². The summed E-state index contributed by atoms with van der Waals surface area (Å²) in [6.45, 7) is -0.111. The van der Waals surface area contributed by atoms with Gasteiger partial charge in [0.15, 0.2) is 0 Å². The summed E-state index contributed by atoms with van der Waals surface area (Å²) in [5.74, 6) is 0.0796. The fourth-order valence-corrected chi connectivity index (χ4v) is 4.45. The van der Waals surface area contributed by atoms with Crippen molar-refractivity contribution in [1.82, 2.24) is 4.90 Å². The van der Waals surface area contributed by atoms with Crippen LogP contribution in [0.3, 0.4) is 0 Å². The molecule has 1 aliphatic heterocycles. The Morgan fingerprint density at radius 1 is 1.04 bits per heavy atom. The quantitative estimate of drug-likeness (QED) is 0.687. The molecule has 1 heterocycles. The first-order valence-electron chi connectivity index (χ1n) is 9.59. The highest BCUT2D eigenvalue weighted by molar-refractivity contribution is 6.30. The van der Waals surface area contributed by atoms with Crippen molar-refractivity contribution in [3.05, 3.63) is 69.7 Å². The fourth-order valence-electron chi connectivity index (χ4n) is 4.13. The minimum atomic E-state index is -0.345. The number of aliphatic hydroxyl groups is 2. The van der Waals surface area contributed by atoms with Crippen LogP contribution < -0.4 is 0 Å². The molecule has 0 aliphatic carbocycles. The van der Waals surface area contributed by atoms with Gasteiger partial charge in [0.05, 0.1) is 18.7 Å². The predicted octanol–water partition coefficient (Wildman–Crippen LogP) is 4.57. The van der Waals surface area contributed by atoms with Gasteiger partial charge in [-0.15, -0.1) is 0 Å². The van der Waals surface area contributed by atoms with E-state index in [1.807, 2.05) is 53.4 Å². The Hall–Kier alpha value is -1.59. The number of aliphatic hydroxyl groups excluding tert-OH is 2. The van der Waals surface area contributed by atoms with Gasteiger partial charge in [-0.2, -0.15) is 0 Å². The summed E-state index contributed by atoms with van der Waals surface area (Å²) in [4.78, 5) is 14.8. The number of benzene rings is 2. The molecule has 3 rings (SSSR count). The second kappa shape index (κ2) is 9.75. The van der Waals surface area contributed by atoms with Crippen LogP contribution in [0.25, 0.3) is 0 Å². The molecule has 1 saturated heterocycles. The van der Waals surface area contributed by atoms with E-state index in [4.69, 9.17) is 23.2 Å². The zero-order valence-electron chi connectivity index (χ0n) is 15.6. The Balaban J connectivity index is 2.06. The third-order valence-electron chi connectivity index (χ3n) is 5.43. The Labute approximate surface area is 175 Å². The van der Waals surface area contributed by atoms with Crippen LogP contribution in [-0.2, 0) is 4.79 Å². The summed E-state index contributed by atoms with van der Waals surface area (Å²) >= 11 is 12.3. The van der Waals surface area contributed by atoms with E-state index < -0.39 is 0 Å².